The minimum absolute atomic E-state index is 0.237. The van der Waals surface area contributed by atoms with E-state index < -0.39 is 24.4 Å². The van der Waals surface area contributed by atoms with Crippen LogP contribution in [-0.2, 0) is 9.48 Å². The van der Waals surface area contributed by atoms with Crippen molar-refractivity contribution in [3.8, 4) is 0 Å². The molecule has 3 aromatic carbocycles. The molecule has 0 aliphatic carbocycles. The third kappa shape index (κ3) is 7.98. The average molecular weight is 564 g/mol. The van der Waals surface area contributed by atoms with Crippen LogP contribution in [0, 0.1) is 5.92 Å². The molecule has 1 unspecified atom stereocenters. The van der Waals surface area contributed by atoms with Crippen LogP contribution in [0.4, 0.5) is 0 Å². The predicted octanol–water partition coefficient (Wildman–Crippen LogP) is 7.30. The Bertz CT molecular complexity index is 1030. The molecule has 1 aliphatic rings. The topological polar surface area (TPSA) is 69.9 Å². The number of rotatable bonds is 17. The molecule has 1 fully saturated rings. The van der Waals surface area contributed by atoms with E-state index in [0.29, 0.717) is 6.42 Å². The summed E-state index contributed by atoms with van der Waals surface area (Å²) in [4.78, 5) is 0. The number of ether oxygens (including phenoxy) is 1. The van der Waals surface area contributed by atoms with Crippen molar-refractivity contribution in [2.45, 2.75) is 87.4 Å². The number of unbranched alkanes of at least 4 members (excludes halogenated alkanes) is 8. The average Bonchev–Trinajstić information content (AvgIpc) is 3.24. The van der Waals surface area contributed by atoms with E-state index >= 15 is 0 Å². The maximum absolute atomic E-state index is 10.2. The monoisotopic (exact) mass is 563 g/mol. The Balaban J connectivity index is 1.18. The van der Waals surface area contributed by atoms with Gasteiger partial charge in [-0.2, -0.15) is 0 Å². The Labute approximate surface area is 246 Å². The van der Waals surface area contributed by atoms with Crippen molar-refractivity contribution in [2.24, 2.45) is 5.92 Å². The molecule has 5 heteroatoms. The lowest BCUT2D eigenvalue weighted by Crippen LogP contribution is -2.29. The van der Waals surface area contributed by atoms with E-state index in [4.69, 9.17) is 6.11 Å². The van der Waals surface area contributed by atoms with Gasteiger partial charge in [0.2, 0.25) is 0 Å². The highest BCUT2D eigenvalue weighted by Gasteiger charge is 2.41. The van der Waals surface area contributed by atoms with Gasteiger partial charge in [0.05, 0.1) is 18.8 Å². The van der Waals surface area contributed by atoms with Gasteiger partial charge in [0.25, 0.3) is 0 Å². The molecule has 4 atom stereocenters. The quantitative estimate of drug-likeness (QED) is 0.119. The van der Waals surface area contributed by atoms with Gasteiger partial charge >= 0.3 is 0 Å². The smallest absolute Gasteiger partial charge is 0.160 e. The fraction of sp³-hybridized carbons (Fsp3) is 0.486. The van der Waals surface area contributed by atoms with Crippen molar-refractivity contribution in [2.75, 3.05) is 12.4 Å². The second-order valence-electron chi connectivity index (χ2n) is 10.9. The molecule has 0 bridgehead atoms. The van der Waals surface area contributed by atoms with Crippen LogP contribution in [-0.4, -0.2) is 46.2 Å². The van der Waals surface area contributed by atoms with Gasteiger partial charge < -0.3 is 20.1 Å². The highest BCUT2D eigenvalue weighted by Crippen LogP contribution is 2.48. The van der Waals surface area contributed by atoms with Crippen molar-refractivity contribution in [1.82, 2.24) is 0 Å². The Morgan fingerprint density at radius 2 is 1.07 bits per heavy atom. The van der Waals surface area contributed by atoms with Gasteiger partial charge in [-0.25, -0.2) is 0 Å². The number of benzene rings is 3. The molecule has 3 aromatic rings. The number of hydrogen-bond acceptors (Lipinski definition) is 5. The highest BCUT2D eigenvalue weighted by molar-refractivity contribution is 8.00. The Morgan fingerprint density at radius 3 is 1.50 bits per heavy atom. The summed E-state index contributed by atoms with van der Waals surface area (Å²) in [6.07, 6.45) is 6.86. The molecule has 4 nitrogen and oxygen atoms in total. The van der Waals surface area contributed by atoms with E-state index in [1.807, 2.05) is 11.8 Å². The van der Waals surface area contributed by atoms with Gasteiger partial charge in [-0.3, -0.25) is 0 Å². The van der Waals surface area contributed by atoms with Crippen LogP contribution < -0.4 is 0 Å². The summed E-state index contributed by atoms with van der Waals surface area (Å²) in [7, 11) is 0. The molecule has 4 rings (SSSR count). The second kappa shape index (κ2) is 16.3. The van der Waals surface area contributed by atoms with Crippen LogP contribution in [0.2, 0.25) is 0 Å². The van der Waals surface area contributed by atoms with Gasteiger partial charge in [0, 0.05) is 5.92 Å². The van der Waals surface area contributed by atoms with Crippen LogP contribution in [0.3, 0.4) is 0 Å². The molecular weight excluding hydrogens is 516 g/mol. The first-order valence-electron chi connectivity index (χ1n) is 15.5. The van der Waals surface area contributed by atoms with E-state index in [0.717, 1.165) is 25.0 Å². The third-order valence-corrected chi connectivity index (χ3v) is 9.71. The zero-order valence-corrected chi connectivity index (χ0v) is 24.4. The summed E-state index contributed by atoms with van der Waals surface area (Å²) < 4.78 is 12.7. The van der Waals surface area contributed by atoms with E-state index in [1.165, 1.54) is 55.2 Å². The molecule has 1 heterocycles. The molecule has 0 saturated carbocycles. The van der Waals surface area contributed by atoms with Crippen LogP contribution in [0.5, 0.6) is 0 Å². The lowest BCUT2D eigenvalue weighted by Gasteiger charge is -2.35. The predicted molar refractivity (Wildman–Crippen MR) is 165 cm³/mol. The first kappa shape index (κ1) is 29.3. The van der Waals surface area contributed by atoms with Crippen molar-refractivity contribution in [3.63, 3.8) is 0 Å². The first-order chi connectivity index (χ1) is 20.0. The van der Waals surface area contributed by atoms with E-state index in [9.17, 15) is 15.3 Å². The number of aliphatic hydroxyl groups is 3. The molecule has 0 aromatic heterocycles. The number of thioether (sulfide) groups is 1. The molecule has 40 heavy (non-hydrogen) atoms. The summed E-state index contributed by atoms with van der Waals surface area (Å²) in [5, 5.41) is 29.5. The normalized spacial score (nSPS) is 23.3. The lowest BCUT2D eigenvalue weighted by molar-refractivity contribution is -0.119. The molecule has 0 spiro atoms. The van der Waals surface area contributed by atoms with Crippen molar-refractivity contribution in [1.29, 1.82) is 0 Å². The fourth-order valence-electron chi connectivity index (χ4n) is 5.85. The van der Waals surface area contributed by atoms with Gasteiger partial charge in [-0.15, -0.1) is 11.8 Å². The van der Waals surface area contributed by atoms with Crippen LogP contribution in [0.15, 0.2) is 91.0 Å². The van der Waals surface area contributed by atoms with Gasteiger partial charge in [-0.1, -0.05) is 142 Å². The molecule has 3 N–H and O–H groups in total. The summed E-state index contributed by atoms with van der Waals surface area (Å²) in [5.74, 6) is 0.427. The zero-order valence-electron chi connectivity index (χ0n) is 24.5. The standard InChI is InChI=1S/C35H46O4S/c36-27-32-33(37)31(34(38)39-32)25-17-6-4-2-1-3-5-7-18-26-40-35(28-19-11-8-12-20-28,29-21-13-9-14-22-29)30-23-15-10-16-24-30/h8-16,19-24,31-34,36-38H,1-7,17-18,25-27H2/t31-,32-,33+,34?/m1/s1/i34D. The lowest BCUT2D eigenvalue weighted by atomic mass is 9.84. The summed E-state index contributed by atoms with van der Waals surface area (Å²) >= 11 is 2.05. The second-order valence-corrected chi connectivity index (χ2v) is 12.2. The summed E-state index contributed by atoms with van der Waals surface area (Å²) in [5.41, 5.74) is 3.95. The van der Waals surface area contributed by atoms with Gasteiger partial charge in [0.15, 0.2) is 6.27 Å². The minimum atomic E-state index is -2.10. The van der Waals surface area contributed by atoms with Gasteiger partial charge in [-0.05, 0) is 35.3 Å². The maximum atomic E-state index is 10.2. The van der Waals surface area contributed by atoms with Crippen molar-refractivity contribution >= 4 is 11.8 Å². The summed E-state index contributed by atoms with van der Waals surface area (Å²) in [6, 6.07) is 32.7. The van der Waals surface area contributed by atoms with Crippen LogP contribution >= 0.6 is 11.8 Å². The summed E-state index contributed by atoms with van der Waals surface area (Å²) in [6.45, 7) is -0.383. The highest BCUT2D eigenvalue weighted by atomic mass is 32.2. The fourth-order valence-corrected chi connectivity index (χ4v) is 7.42. The van der Waals surface area contributed by atoms with Crippen molar-refractivity contribution in [3.05, 3.63) is 108 Å². The molecule has 1 saturated heterocycles. The van der Waals surface area contributed by atoms with Gasteiger partial charge in [0.1, 0.15) is 6.10 Å². The Kier molecular flexibility index (Phi) is 12.0. The van der Waals surface area contributed by atoms with E-state index in [1.54, 1.807) is 0 Å². The maximum Gasteiger partial charge on any atom is 0.160 e. The molecule has 0 radical (unpaired) electrons. The first-order valence-corrected chi connectivity index (χ1v) is 16.0. The number of aliphatic hydroxyl groups excluding tert-OH is 2. The Hall–Kier alpha value is -2.15. The van der Waals surface area contributed by atoms with Crippen LogP contribution in [0.25, 0.3) is 0 Å². The number of hydrogen-bond donors (Lipinski definition) is 3. The molecular formula is C35H46O4S. The van der Waals surface area contributed by atoms with E-state index in [2.05, 4.69) is 91.0 Å². The van der Waals surface area contributed by atoms with Crippen molar-refractivity contribution < 1.29 is 21.4 Å². The third-order valence-electron chi connectivity index (χ3n) is 8.08. The zero-order chi connectivity index (χ0) is 29.0. The molecule has 216 valence electrons. The largest absolute Gasteiger partial charge is 0.394 e. The Morgan fingerprint density at radius 1 is 0.650 bits per heavy atom. The van der Waals surface area contributed by atoms with Crippen LogP contribution in [0.1, 0.15) is 82.3 Å². The SMILES string of the molecule is [2H]C1(O)O[C@H](CO)[C@@H](O)[C@H]1CCCCCCCCCCCSC(c1ccccc1)(c1ccccc1)c1ccccc1. The minimum Gasteiger partial charge on any atom is -0.394 e. The molecule has 0 amide bonds. The molecule has 1 aliphatic heterocycles. The van der Waals surface area contributed by atoms with E-state index in [-0.39, 0.29) is 11.4 Å².